The average molecular weight is 246 g/mol. The van der Waals surface area contributed by atoms with Crippen LogP contribution in [-0.2, 0) is 0 Å². The van der Waals surface area contributed by atoms with Crippen molar-refractivity contribution in [3.05, 3.63) is 34.9 Å². The van der Waals surface area contributed by atoms with Crippen molar-refractivity contribution >= 4 is 0 Å². The molecule has 1 atom stereocenters. The van der Waals surface area contributed by atoms with Gasteiger partial charge in [0, 0.05) is 18.6 Å². The van der Waals surface area contributed by atoms with Crippen molar-refractivity contribution in [1.29, 1.82) is 0 Å². The number of hydrogen-bond donors (Lipinski definition) is 1. The van der Waals surface area contributed by atoms with Crippen LogP contribution in [0, 0.1) is 13.8 Å². The van der Waals surface area contributed by atoms with Crippen LogP contribution in [-0.4, -0.2) is 24.5 Å². The highest BCUT2D eigenvalue weighted by Gasteiger charge is 2.25. The van der Waals surface area contributed by atoms with Crippen LogP contribution in [0.15, 0.2) is 18.2 Å². The molecule has 1 saturated carbocycles. The SMILES string of the molecule is Cc1cc(C)cc(C(CN)N(C)C2CCCC2)c1. The largest absolute Gasteiger partial charge is 0.329 e. The maximum absolute atomic E-state index is 6.03. The highest BCUT2D eigenvalue weighted by Crippen LogP contribution is 2.29. The molecule has 0 bridgehead atoms. The highest BCUT2D eigenvalue weighted by molar-refractivity contribution is 5.31. The number of rotatable bonds is 4. The Kier molecular flexibility index (Phi) is 4.41. The van der Waals surface area contributed by atoms with Gasteiger partial charge in [0.2, 0.25) is 0 Å². The van der Waals surface area contributed by atoms with Crippen LogP contribution in [0.2, 0.25) is 0 Å². The molecule has 0 heterocycles. The molecule has 0 aliphatic heterocycles. The molecule has 0 radical (unpaired) electrons. The zero-order valence-electron chi connectivity index (χ0n) is 11.9. The van der Waals surface area contributed by atoms with Gasteiger partial charge in [-0.1, -0.05) is 42.2 Å². The van der Waals surface area contributed by atoms with E-state index in [1.165, 1.54) is 42.4 Å². The zero-order valence-corrected chi connectivity index (χ0v) is 11.9. The third-order valence-corrected chi connectivity index (χ3v) is 4.24. The molecule has 100 valence electrons. The average Bonchev–Trinajstić information content (AvgIpc) is 2.81. The minimum absolute atomic E-state index is 0.367. The normalized spacial score (nSPS) is 18.5. The lowest BCUT2D eigenvalue weighted by molar-refractivity contribution is 0.179. The molecule has 1 fully saturated rings. The van der Waals surface area contributed by atoms with Crippen LogP contribution in [0.3, 0.4) is 0 Å². The van der Waals surface area contributed by atoms with Gasteiger partial charge < -0.3 is 5.73 Å². The molecule has 0 saturated heterocycles. The third kappa shape index (κ3) is 2.93. The summed E-state index contributed by atoms with van der Waals surface area (Å²) in [5, 5.41) is 0. The standard InChI is InChI=1S/C16H26N2/c1-12-8-13(2)10-14(9-12)16(11-17)18(3)15-6-4-5-7-15/h8-10,15-16H,4-7,11,17H2,1-3H3. The molecule has 18 heavy (non-hydrogen) atoms. The Labute approximate surface area is 111 Å². The van der Waals surface area contributed by atoms with E-state index in [2.05, 4.69) is 44.0 Å². The Hall–Kier alpha value is -0.860. The van der Waals surface area contributed by atoms with Crippen molar-refractivity contribution in [3.8, 4) is 0 Å². The van der Waals surface area contributed by atoms with E-state index in [1.54, 1.807) is 0 Å². The number of nitrogens with zero attached hydrogens (tertiary/aromatic N) is 1. The van der Waals surface area contributed by atoms with Gasteiger partial charge in [-0.25, -0.2) is 0 Å². The molecular weight excluding hydrogens is 220 g/mol. The maximum atomic E-state index is 6.03. The summed E-state index contributed by atoms with van der Waals surface area (Å²) in [5.41, 5.74) is 10.1. The summed E-state index contributed by atoms with van der Waals surface area (Å²) < 4.78 is 0. The lowest BCUT2D eigenvalue weighted by Gasteiger charge is -2.33. The van der Waals surface area contributed by atoms with Gasteiger partial charge in [-0.05, 0) is 39.3 Å². The minimum Gasteiger partial charge on any atom is -0.329 e. The Morgan fingerprint density at radius 3 is 2.22 bits per heavy atom. The predicted molar refractivity (Wildman–Crippen MR) is 77.7 cm³/mol. The Bertz CT molecular complexity index is 374. The fourth-order valence-electron chi connectivity index (χ4n) is 3.31. The van der Waals surface area contributed by atoms with Crippen LogP contribution in [0.5, 0.6) is 0 Å². The van der Waals surface area contributed by atoms with E-state index in [4.69, 9.17) is 5.73 Å². The predicted octanol–water partition coefficient (Wildman–Crippen LogP) is 3.18. The molecule has 2 nitrogen and oxygen atoms in total. The molecule has 0 spiro atoms. The van der Waals surface area contributed by atoms with Crippen molar-refractivity contribution in [1.82, 2.24) is 4.90 Å². The summed E-state index contributed by atoms with van der Waals surface area (Å²) in [4.78, 5) is 2.50. The van der Waals surface area contributed by atoms with Gasteiger partial charge in [0.15, 0.2) is 0 Å². The Morgan fingerprint density at radius 1 is 1.17 bits per heavy atom. The van der Waals surface area contributed by atoms with Gasteiger partial charge in [-0.15, -0.1) is 0 Å². The zero-order chi connectivity index (χ0) is 13.1. The quantitative estimate of drug-likeness (QED) is 0.884. The third-order valence-electron chi connectivity index (χ3n) is 4.24. The van der Waals surface area contributed by atoms with Gasteiger partial charge in [-0.2, -0.15) is 0 Å². The van der Waals surface area contributed by atoms with Crippen molar-refractivity contribution in [2.45, 2.75) is 51.6 Å². The summed E-state index contributed by atoms with van der Waals surface area (Å²) in [6.45, 7) is 5.04. The lowest BCUT2D eigenvalue weighted by atomic mass is 9.99. The van der Waals surface area contributed by atoms with Crippen LogP contribution in [0.25, 0.3) is 0 Å². The minimum atomic E-state index is 0.367. The smallest absolute Gasteiger partial charge is 0.0470 e. The van der Waals surface area contributed by atoms with Gasteiger partial charge in [0.05, 0.1) is 0 Å². The van der Waals surface area contributed by atoms with Gasteiger partial charge in [0.25, 0.3) is 0 Å². The molecular formula is C16H26N2. The van der Waals surface area contributed by atoms with Crippen molar-refractivity contribution in [3.63, 3.8) is 0 Å². The van der Waals surface area contributed by atoms with Crippen molar-refractivity contribution in [2.75, 3.05) is 13.6 Å². The highest BCUT2D eigenvalue weighted by atomic mass is 15.2. The van der Waals surface area contributed by atoms with E-state index in [0.29, 0.717) is 12.6 Å². The summed E-state index contributed by atoms with van der Waals surface area (Å²) in [6.07, 6.45) is 5.41. The fourth-order valence-corrected chi connectivity index (χ4v) is 3.31. The van der Waals surface area contributed by atoms with E-state index in [0.717, 1.165) is 6.04 Å². The van der Waals surface area contributed by atoms with Crippen LogP contribution in [0.4, 0.5) is 0 Å². The number of likely N-dealkylation sites (N-methyl/N-ethyl adjacent to an activating group) is 1. The molecule has 0 amide bonds. The molecule has 1 aliphatic carbocycles. The van der Waals surface area contributed by atoms with E-state index in [1.807, 2.05) is 0 Å². The second-order valence-electron chi connectivity index (χ2n) is 5.78. The first kappa shape index (κ1) is 13.6. The number of aryl methyl sites for hydroxylation is 2. The van der Waals surface area contributed by atoms with Gasteiger partial charge in [-0.3, -0.25) is 4.90 Å². The topological polar surface area (TPSA) is 29.3 Å². The number of hydrogen-bond acceptors (Lipinski definition) is 2. The fraction of sp³-hybridized carbons (Fsp3) is 0.625. The Morgan fingerprint density at radius 2 is 1.72 bits per heavy atom. The van der Waals surface area contributed by atoms with E-state index in [9.17, 15) is 0 Å². The molecule has 1 aliphatic rings. The van der Waals surface area contributed by atoms with Crippen LogP contribution < -0.4 is 5.73 Å². The van der Waals surface area contributed by atoms with Crippen molar-refractivity contribution < 1.29 is 0 Å². The second kappa shape index (κ2) is 5.85. The maximum Gasteiger partial charge on any atom is 0.0470 e. The molecule has 1 aromatic carbocycles. The number of benzene rings is 1. The van der Waals surface area contributed by atoms with Crippen LogP contribution >= 0.6 is 0 Å². The molecule has 2 N–H and O–H groups in total. The molecule has 2 heteroatoms. The second-order valence-corrected chi connectivity index (χ2v) is 5.78. The molecule has 2 rings (SSSR count). The monoisotopic (exact) mass is 246 g/mol. The molecule has 1 aromatic rings. The first-order valence-electron chi connectivity index (χ1n) is 7.12. The summed E-state index contributed by atoms with van der Waals surface area (Å²) >= 11 is 0. The van der Waals surface area contributed by atoms with E-state index in [-0.39, 0.29) is 0 Å². The molecule has 0 aromatic heterocycles. The summed E-state index contributed by atoms with van der Waals surface area (Å²) in [7, 11) is 2.24. The Balaban J connectivity index is 2.20. The first-order chi connectivity index (χ1) is 8.61. The summed E-state index contributed by atoms with van der Waals surface area (Å²) in [5.74, 6) is 0. The number of nitrogens with two attached hydrogens (primary N) is 1. The van der Waals surface area contributed by atoms with E-state index >= 15 is 0 Å². The van der Waals surface area contributed by atoms with Crippen LogP contribution in [0.1, 0.15) is 48.4 Å². The summed E-state index contributed by atoms with van der Waals surface area (Å²) in [6, 6.07) is 7.89. The van der Waals surface area contributed by atoms with E-state index < -0.39 is 0 Å². The van der Waals surface area contributed by atoms with Crippen molar-refractivity contribution in [2.24, 2.45) is 5.73 Å². The molecule has 1 unspecified atom stereocenters. The van der Waals surface area contributed by atoms with Gasteiger partial charge in [0.1, 0.15) is 0 Å². The first-order valence-corrected chi connectivity index (χ1v) is 7.12. The lowest BCUT2D eigenvalue weighted by Crippen LogP contribution is -2.37. The van der Waals surface area contributed by atoms with Gasteiger partial charge >= 0.3 is 0 Å².